The highest BCUT2D eigenvalue weighted by molar-refractivity contribution is 5.99. The molecule has 0 amide bonds. The van der Waals surface area contributed by atoms with Crippen molar-refractivity contribution in [1.29, 1.82) is 0 Å². The zero-order chi connectivity index (χ0) is 18.1. The van der Waals surface area contributed by atoms with Crippen LogP contribution in [0.3, 0.4) is 0 Å². The Balaban J connectivity index is 3.04. The number of carbonyl (C=O) groups is 2. The minimum absolute atomic E-state index is 0.268. The Morgan fingerprint density at radius 2 is 1.52 bits per heavy atom. The molecule has 0 heterocycles. The first kappa shape index (κ1) is 19.0. The molecule has 1 aromatic rings. The van der Waals surface area contributed by atoms with Crippen LogP contribution >= 0.6 is 0 Å². The molecule has 1 atom stereocenters. The van der Waals surface area contributed by atoms with Gasteiger partial charge in [-0.05, 0) is 51.8 Å². The summed E-state index contributed by atoms with van der Waals surface area (Å²) in [5.41, 5.74) is -3.29. The Kier molecular flexibility index (Phi) is 5.13. The fourth-order valence-electron chi connectivity index (χ4n) is 1.85. The number of hydrogen-bond donors (Lipinski definition) is 1. The number of ether oxygens (including phenoxy) is 1. The molecule has 0 radical (unpaired) electrons. The Bertz CT molecular complexity index is 585. The van der Waals surface area contributed by atoms with E-state index in [-0.39, 0.29) is 6.42 Å². The highest BCUT2D eigenvalue weighted by atomic mass is 19.4. The summed E-state index contributed by atoms with van der Waals surface area (Å²) in [6, 6.07) is 4.03. The molecule has 0 aliphatic carbocycles. The SMILES string of the molecule is CC(C)(C)OC(=O)[C@@](C)(Cc1ccc(C(F)(F)F)cc1)C(=O)O. The number of carboxylic acids is 1. The van der Waals surface area contributed by atoms with Crippen LogP contribution in [-0.4, -0.2) is 22.6 Å². The van der Waals surface area contributed by atoms with E-state index in [0.29, 0.717) is 5.56 Å². The van der Waals surface area contributed by atoms with E-state index >= 15 is 0 Å². The number of aliphatic carboxylic acids is 1. The van der Waals surface area contributed by atoms with E-state index in [0.717, 1.165) is 24.3 Å². The summed E-state index contributed by atoms with van der Waals surface area (Å²) in [5.74, 6) is -2.33. The number of halogens is 3. The molecular weight excluding hydrogens is 313 g/mol. The van der Waals surface area contributed by atoms with Gasteiger partial charge in [0.05, 0.1) is 5.56 Å². The second-order valence-electron chi connectivity index (χ2n) is 6.51. The van der Waals surface area contributed by atoms with Crippen molar-refractivity contribution in [2.45, 2.75) is 45.9 Å². The molecule has 128 valence electrons. The van der Waals surface area contributed by atoms with Gasteiger partial charge in [-0.25, -0.2) is 0 Å². The van der Waals surface area contributed by atoms with Gasteiger partial charge in [-0.15, -0.1) is 0 Å². The zero-order valence-corrected chi connectivity index (χ0v) is 13.3. The summed E-state index contributed by atoms with van der Waals surface area (Å²) in [4.78, 5) is 23.7. The van der Waals surface area contributed by atoms with Gasteiger partial charge in [0.15, 0.2) is 5.41 Å². The van der Waals surface area contributed by atoms with Crippen LogP contribution < -0.4 is 0 Å². The maximum atomic E-state index is 12.5. The molecule has 0 aliphatic heterocycles. The first-order valence-electron chi connectivity index (χ1n) is 6.89. The van der Waals surface area contributed by atoms with Crippen molar-refractivity contribution >= 4 is 11.9 Å². The van der Waals surface area contributed by atoms with Crippen LogP contribution in [0, 0.1) is 5.41 Å². The molecule has 0 unspecified atom stereocenters. The minimum atomic E-state index is -4.47. The number of alkyl halides is 3. The lowest BCUT2D eigenvalue weighted by Gasteiger charge is -2.28. The Morgan fingerprint density at radius 3 is 1.87 bits per heavy atom. The first-order chi connectivity index (χ1) is 10.3. The molecule has 4 nitrogen and oxygen atoms in total. The van der Waals surface area contributed by atoms with Gasteiger partial charge in [-0.1, -0.05) is 12.1 Å². The molecule has 0 aliphatic rings. The summed E-state index contributed by atoms with van der Waals surface area (Å²) < 4.78 is 42.7. The van der Waals surface area contributed by atoms with Gasteiger partial charge in [-0.2, -0.15) is 13.2 Å². The maximum absolute atomic E-state index is 12.5. The van der Waals surface area contributed by atoms with Crippen molar-refractivity contribution in [2.75, 3.05) is 0 Å². The normalized spacial score (nSPS) is 14.9. The summed E-state index contributed by atoms with van der Waals surface area (Å²) >= 11 is 0. The second kappa shape index (κ2) is 6.22. The predicted molar refractivity (Wildman–Crippen MR) is 76.7 cm³/mol. The lowest BCUT2D eigenvalue weighted by molar-refractivity contribution is -0.175. The smallest absolute Gasteiger partial charge is 0.416 e. The van der Waals surface area contributed by atoms with Gasteiger partial charge in [-0.3, -0.25) is 9.59 Å². The highest BCUT2D eigenvalue weighted by Crippen LogP contribution is 2.31. The van der Waals surface area contributed by atoms with Crippen molar-refractivity contribution in [3.05, 3.63) is 35.4 Å². The average Bonchev–Trinajstić information content (AvgIpc) is 2.35. The number of rotatable bonds is 4. The van der Waals surface area contributed by atoms with Gasteiger partial charge in [0.25, 0.3) is 0 Å². The molecule has 1 aromatic carbocycles. The summed E-state index contributed by atoms with van der Waals surface area (Å²) in [6.07, 6.45) is -4.74. The third-order valence-electron chi connectivity index (χ3n) is 3.16. The van der Waals surface area contributed by atoms with Crippen molar-refractivity contribution in [3.8, 4) is 0 Å². The Hall–Kier alpha value is -2.05. The highest BCUT2D eigenvalue weighted by Gasteiger charge is 2.44. The van der Waals surface area contributed by atoms with Crippen LogP contribution in [0.5, 0.6) is 0 Å². The van der Waals surface area contributed by atoms with E-state index in [2.05, 4.69) is 0 Å². The number of hydrogen-bond acceptors (Lipinski definition) is 3. The van der Waals surface area contributed by atoms with Crippen LogP contribution in [0.25, 0.3) is 0 Å². The topological polar surface area (TPSA) is 63.6 Å². The molecule has 0 saturated carbocycles. The summed E-state index contributed by atoms with van der Waals surface area (Å²) in [7, 11) is 0. The first-order valence-corrected chi connectivity index (χ1v) is 6.89. The lowest BCUT2D eigenvalue weighted by Crippen LogP contribution is -2.43. The molecule has 7 heteroatoms. The lowest BCUT2D eigenvalue weighted by atomic mass is 9.83. The quantitative estimate of drug-likeness (QED) is 0.675. The molecule has 0 saturated heterocycles. The number of carbonyl (C=O) groups excluding carboxylic acids is 1. The fourth-order valence-corrected chi connectivity index (χ4v) is 1.85. The average molecular weight is 332 g/mol. The Labute approximate surface area is 132 Å². The monoisotopic (exact) mass is 332 g/mol. The van der Waals surface area contributed by atoms with Crippen LogP contribution in [0.15, 0.2) is 24.3 Å². The number of carboxylic acid groups (broad SMARTS) is 1. The molecule has 1 N–H and O–H groups in total. The van der Waals surface area contributed by atoms with Crippen molar-refractivity contribution in [2.24, 2.45) is 5.41 Å². The van der Waals surface area contributed by atoms with E-state index in [1.807, 2.05) is 0 Å². The maximum Gasteiger partial charge on any atom is 0.416 e. The van der Waals surface area contributed by atoms with Gasteiger partial charge in [0.1, 0.15) is 5.60 Å². The number of esters is 1. The largest absolute Gasteiger partial charge is 0.480 e. The van der Waals surface area contributed by atoms with E-state index < -0.39 is 34.7 Å². The third-order valence-corrected chi connectivity index (χ3v) is 3.16. The number of benzene rings is 1. The minimum Gasteiger partial charge on any atom is -0.480 e. The van der Waals surface area contributed by atoms with E-state index in [1.165, 1.54) is 6.92 Å². The van der Waals surface area contributed by atoms with Crippen LogP contribution in [-0.2, 0) is 26.9 Å². The van der Waals surface area contributed by atoms with Crippen molar-refractivity contribution < 1.29 is 32.6 Å². The third kappa shape index (κ3) is 4.97. The molecule has 0 spiro atoms. The van der Waals surface area contributed by atoms with Crippen LogP contribution in [0.4, 0.5) is 13.2 Å². The molecule has 1 rings (SSSR count). The molecule has 0 fully saturated rings. The van der Waals surface area contributed by atoms with E-state index in [4.69, 9.17) is 4.74 Å². The Morgan fingerprint density at radius 1 is 1.04 bits per heavy atom. The summed E-state index contributed by atoms with van der Waals surface area (Å²) in [6.45, 7) is 6.00. The second-order valence-corrected chi connectivity index (χ2v) is 6.51. The van der Waals surface area contributed by atoms with Gasteiger partial charge < -0.3 is 9.84 Å². The van der Waals surface area contributed by atoms with Gasteiger partial charge in [0.2, 0.25) is 0 Å². The van der Waals surface area contributed by atoms with Crippen molar-refractivity contribution in [1.82, 2.24) is 0 Å². The van der Waals surface area contributed by atoms with E-state index in [1.54, 1.807) is 20.8 Å². The van der Waals surface area contributed by atoms with E-state index in [9.17, 15) is 27.9 Å². The van der Waals surface area contributed by atoms with Crippen molar-refractivity contribution in [3.63, 3.8) is 0 Å². The predicted octanol–water partition coefficient (Wildman–Crippen LogP) is 3.68. The standard InChI is InChI=1S/C16H19F3O4/c1-14(2,3)23-13(22)15(4,12(20)21)9-10-5-7-11(8-6-10)16(17,18)19/h5-8H,9H2,1-4H3,(H,20,21)/t15-/m0/s1. The van der Waals surface area contributed by atoms with Gasteiger partial charge in [0, 0.05) is 0 Å². The molecule has 23 heavy (non-hydrogen) atoms. The van der Waals surface area contributed by atoms with Crippen LogP contribution in [0.1, 0.15) is 38.8 Å². The van der Waals surface area contributed by atoms with Crippen LogP contribution in [0.2, 0.25) is 0 Å². The van der Waals surface area contributed by atoms with Gasteiger partial charge >= 0.3 is 18.1 Å². The summed E-state index contributed by atoms with van der Waals surface area (Å²) in [5, 5.41) is 9.36. The fraction of sp³-hybridized carbons (Fsp3) is 0.500. The zero-order valence-electron chi connectivity index (χ0n) is 13.3. The molecule has 0 aromatic heterocycles. The molecular formula is C16H19F3O4. The molecule has 0 bridgehead atoms.